The molecule has 0 bridgehead atoms. The second-order valence-corrected chi connectivity index (χ2v) is 12.3. The van der Waals surface area contributed by atoms with E-state index in [0.29, 0.717) is 16.7 Å². The minimum absolute atomic E-state index is 0.528. The second kappa shape index (κ2) is 11.4. The van der Waals surface area contributed by atoms with Crippen molar-refractivity contribution in [3.05, 3.63) is 168 Å². The molecule has 0 saturated carbocycles. The van der Waals surface area contributed by atoms with E-state index in [2.05, 4.69) is 112 Å². The Morgan fingerprint density at radius 2 is 0.940 bits per heavy atom. The third-order valence-electron chi connectivity index (χ3n) is 9.60. The van der Waals surface area contributed by atoms with E-state index in [4.69, 9.17) is 0 Å². The van der Waals surface area contributed by atoms with E-state index in [1.54, 1.807) is 12.1 Å². The number of nitriles is 3. The van der Waals surface area contributed by atoms with Gasteiger partial charge in [-0.15, -0.1) is 0 Å². The normalized spacial score (nSPS) is 11.1. The summed E-state index contributed by atoms with van der Waals surface area (Å²) in [6.45, 7) is 0. The Morgan fingerprint density at radius 3 is 1.54 bits per heavy atom. The highest BCUT2D eigenvalue weighted by Gasteiger charge is 2.21. The van der Waals surface area contributed by atoms with Crippen molar-refractivity contribution in [2.24, 2.45) is 0 Å². The Kier molecular flexibility index (Phi) is 6.56. The third-order valence-corrected chi connectivity index (χ3v) is 9.60. The Bertz CT molecular complexity index is 2830. The molecule has 0 spiro atoms. The van der Waals surface area contributed by atoms with Crippen LogP contribution in [0.15, 0.2) is 152 Å². The van der Waals surface area contributed by atoms with Crippen molar-refractivity contribution in [1.29, 1.82) is 15.8 Å². The summed E-state index contributed by atoms with van der Waals surface area (Å²) in [7, 11) is 0. The molecule has 0 saturated heterocycles. The number of para-hydroxylation sites is 2. The first-order valence-electron chi connectivity index (χ1n) is 16.3. The maximum absolute atomic E-state index is 10.8. The Hall–Kier alpha value is -7.39. The lowest BCUT2D eigenvalue weighted by Crippen LogP contribution is -2.01. The number of aromatic nitrogens is 2. The lowest BCUT2D eigenvalue weighted by atomic mass is 9.93. The van der Waals surface area contributed by atoms with Crippen LogP contribution in [0.4, 0.5) is 0 Å². The molecule has 230 valence electrons. The largest absolute Gasteiger partial charge is 0.309 e. The molecule has 0 aliphatic rings. The highest BCUT2D eigenvalue weighted by atomic mass is 15.0. The van der Waals surface area contributed by atoms with Crippen molar-refractivity contribution in [2.75, 3.05) is 0 Å². The first-order chi connectivity index (χ1) is 24.7. The van der Waals surface area contributed by atoms with E-state index in [-0.39, 0.29) is 0 Å². The van der Waals surface area contributed by atoms with Gasteiger partial charge in [-0.3, -0.25) is 0 Å². The van der Waals surface area contributed by atoms with E-state index in [1.807, 2.05) is 54.6 Å². The van der Waals surface area contributed by atoms with E-state index >= 15 is 0 Å². The van der Waals surface area contributed by atoms with Gasteiger partial charge >= 0.3 is 0 Å². The van der Waals surface area contributed by atoms with Gasteiger partial charge in [0.05, 0.1) is 56.6 Å². The van der Waals surface area contributed by atoms with Crippen LogP contribution in [0.2, 0.25) is 0 Å². The van der Waals surface area contributed by atoms with Gasteiger partial charge in [0.25, 0.3) is 0 Å². The van der Waals surface area contributed by atoms with Crippen LogP contribution in [0.25, 0.3) is 77.2 Å². The van der Waals surface area contributed by atoms with Gasteiger partial charge < -0.3 is 9.13 Å². The molecule has 2 aromatic heterocycles. The van der Waals surface area contributed by atoms with E-state index < -0.39 is 0 Å². The maximum Gasteiger partial charge on any atom is 0.102 e. The van der Waals surface area contributed by atoms with E-state index in [0.717, 1.165) is 66.5 Å². The zero-order chi connectivity index (χ0) is 33.8. The van der Waals surface area contributed by atoms with Crippen molar-refractivity contribution in [3.63, 3.8) is 0 Å². The van der Waals surface area contributed by atoms with Crippen molar-refractivity contribution in [3.8, 4) is 51.8 Å². The average Bonchev–Trinajstić information content (AvgIpc) is 3.69. The fourth-order valence-corrected chi connectivity index (χ4v) is 7.38. The zero-order valence-corrected chi connectivity index (χ0v) is 26.7. The first-order valence-corrected chi connectivity index (χ1v) is 16.3. The molecule has 0 atom stereocenters. The molecule has 5 nitrogen and oxygen atoms in total. The van der Waals surface area contributed by atoms with Crippen LogP contribution >= 0.6 is 0 Å². The van der Waals surface area contributed by atoms with Gasteiger partial charge in [-0.2, -0.15) is 15.8 Å². The molecule has 0 N–H and O–H groups in total. The van der Waals surface area contributed by atoms with E-state index in [1.165, 1.54) is 10.8 Å². The molecule has 0 amide bonds. The molecule has 5 heteroatoms. The average molecular weight is 636 g/mol. The topological polar surface area (TPSA) is 81.2 Å². The number of benzene rings is 7. The van der Waals surface area contributed by atoms with Gasteiger partial charge in [0.15, 0.2) is 0 Å². The summed E-state index contributed by atoms with van der Waals surface area (Å²) in [4.78, 5) is 0. The van der Waals surface area contributed by atoms with Gasteiger partial charge in [0, 0.05) is 32.8 Å². The Labute approximate surface area is 287 Å². The number of hydrogen-bond donors (Lipinski definition) is 0. The van der Waals surface area contributed by atoms with Crippen molar-refractivity contribution < 1.29 is 0 Å². The van der Waals surface area contributed by atoms with Crippen molar-refractivity contribution in [1.82, 2.24) is 9.13 Å². The number of rotatable bonds is 4. The number of fused-ring (bicyclic) bond motifs is 6. The quantitative estimate of drug-likeness (QED) is 0.193. The monoisotopic (exact) mass is 635 g/mol. The molecule has 0 fully saturated rings. The summed E-state index contributed by atoms with van der Waals surface area (Å²) in [6, 6.07) is 57.9. The SMILES string of the molecule is N#Cc1ccc2c(c1)c1cc(C#N)ccc1n2-c1cc(-c2cccc(-n3c4ccccc4c4ccccc43)c2)cc(-c2ccccc2)c1C#N. The van der Waals surface area contributed by atoms with Crippen LogP contribution in [-0.4, -0.2) is 9.13 Å². The van der Waals surface area contributed by atoms with Crippen LogP contribution in [-0.2, 0) is 0 Å². The van der Waals surface area contributed by atoms with Gasteiger partial charge in [0.2, 0.25) is 0 Å². The van der Waals surface area contributed by atoms with Gasteiger partial charge in [0.1, 0.15) is 6.07 Å². The fraction of sp³-hybridized carbons (Fsp3) is 0. The Balaban J connectivity index is 1.35. The van der Waals surface area contributed by atoms with Crippen LogP contribution in [0, 0.1) is 34.0 Å². The molecule has 50 heavy (non-hydrogen) atoms. The first kappa shape index (κ1) is 28.8. The Morgan fingerprint density at radius 1 is 0.380 bits per heavy atom. The highest BCUT2D eigenvalue weighted by molar-refractivity contribution is 6.11. The summed E-state index contributed by atoms with van der Waals surface area (Å²) in [5, 5.41) is 34.5. The van der Waals surface area contributed by atoms with Gasteiger partial charge in [-0.25, -0.2) is 0 Å². The number of nitrogens with zero attached hydrogens (tertiary/aromatic N) is 5. The van der Waals surface area contributed by atoms with Gasteiger partial charge in [-0.1, -0.05) is 78.9 Å². The summed E-state index contributed by atoms with van der Waals surface area (Å²) < 4.78 is 4.40. The minimum Gasteiger partial charge on any atom is -0.309 e. The lowest BCUT2D eigenvalue weighted by molar-refractivity contribution is 1.16. The van der Waals surface area contributed by atoms with E-state index in [9.17, 15) is 15.8 Å². The molecule has 9 aromatic rings. The van der Waals surface area contributed by atoms with Crippen molar-refractivity contribution in [2.45, 2.75) is 0 Å². The smallest absolute Gasteiger partial charge is 0.102 e. The summed E-state index contributed by atoms with van der Waals surface area (Å²) >= 11 is 0. The predicted molar refractivity (Wildman–Crippen MR) is 200 cm³/mol. The molecule has 0 aliphatic carbocycles. The van der Waals surface area contributed by atoms with Crippen LogP contribution < -0.4 is 0 Å². The van der Waals surface area contributed by atoms with Crippen molar-refractivity contribution >= 4 is 43.6 Å². The molecule has 0 aliphatic heterocycles. The zero-order valence-electron chi connectivity index (χ0n) is 26.7. The molecule has 0 radical (unpaired) electrons. The van der Waals surface area contributed by atoms with Crippen LogP contribution in [0.5, 0.6) is 0 Å². The summed E-state index contributed by atoms with van der Waals surface area (Å²) in [6.07, 6.45) is 0. The molecular weight excluding hydrogens is 611 g/mol. The standard InChI is InChI=1S/C45H25N5/c46-26-29-17-19-43-38(21-29)39-22-30(27-47)18-20-44(39)50(43)45-25-33(24-37(40(45)28-48)31-9-2-1-3-10-31)32-11-8-12-34(23-32)49-41-15-6-4-13-35(41)36-14-5-7-16-42(36)49/h1-25H. The summed E-state index contributed by atoms with van der Waals surface area (Å²) in [5.41, 5.74) is 11.0. The molecular formula is C45H25N5. The molecule has 2 heterocycles. The van der Waals surface area contributed by atoms with Crippen LogP contribution in [0.3, 0.4) is 0 Å². The molecule has 0 unspecified atom stereocenters. The van der Waals surface area contributed by atoms with Crippen LogP contribution in [0.1, 0.15) is 16.7 Å². The third kappa shape index (κ3) is 4.38. The van der Waals surface area contributed by atoms with Gasteiger partial charge in [-0.05, 0) is 89.5 Å². The fourth-order valence-electron chi connectivity index (χ4n) is 7.38. The minimum atomic E-state index is 0.528. The predicted octanol–water partition coefficient (Wildman–Crippen LogP) is 10.8. The molecule has 7 aromatic carbocycles. The summed E-state index contributed by atoms with van der Waals surface area (Å²) in [5.74, 6) is 0. The highest BCUT2D eigenvalue weighted by Crippen LogP contribution is 2.40. The number of hydrogen-bond acceptors (Lipinski definition) is 3. The molecule has 9 rings (SSSR count). The maximum atomic E-state index is 10.8. The second-order valence-electron chi connectivity index (χ2n) is 12.3. The lowest BCUT2D eigenvalue weighted by Gasteiger charge is -2.17.